The Balaban J connectivity index is 1.35. The van der Waals surface area contributed by atoms with Crippen LogP contribution >= 0.6 is 11.6 Å². The number of ether oxygens (including phenoxy) is 2. The molecule has 2 bridgehead atoms. The molecule has 2 aromatic carbocycles. The zero-order valence-corrected chi connectivity index (χ0v) is 33.9. The van der Waals surface area contributed by atoms with E-state index in [0.717, 1.165) is 18.4 Å². The Hall–Kier alpha value is -2.75. The number of hydrogen-bond donors (Lipinski definition) is 1. The fourth-order valence-corrected chi connectivity index (χ4v) is 10.7. The molecule has 1 N–H and O–H groups in total. The number of nitrogens with zero attached hydrogens (tertiary/aromatic N) is 3. The first-order chi connectivity index (χ1) is 25.7. The van der Waals surface area contributed by atoms with E-state index in [9.17, 15) is 21.6 Å². The Morgan fingerprint density at radius 3 is 2.56 bits per heavy atom. The van der Waals surface area contributed by atoms with Gasteiger partial charge in [-0.05, 0) is 105 Å². The minimum atomic E-state index is -4.10. The Labute approximate surface area is 325 Å². The van der Waals surface area contributed by atoms with Gasteiger partial charge in [0, 0.05) is 51.4 Å². The van der Waals surface area contributed by atoms with Crippen LogP contribution in [0.4, 0.5) is 10.1 Å². The molecule has 11 nitrogen and oxygen atoms in total. The van der Waals surface area contributed by atoms with Gasteiger partial charge in [-0.2, -0.15) is 4.31 Å². The molecule has 2 fully saturated rings. The van der Waals surface area contributed by atoms with Crippen LogP contribution in [0, 0.1) is 29.5 Å². The molecule has 2 aromatic rings. The van der Waals surface area contributed by atoms with E-state index in [0.29, 0.717) is 102 Å². The summed E-state index contributed by atoms with van der Waals surface area (Å²) in [5.74, 6) is -0.850. The van der Waals surface area contributed by atoms with Crippen molar-refractivity contribution < 1.29 is 35.5 Å². The average molecular weight is 809 g/mol. The molecule has 1 aliphatic carbocycles. The predicted molar refractivity (Wildman–Crippen MR) is 209 cm³/mol. The van der Waals surface area contributed by atoms with Crippen molar-refractivity contribution >= 4 is 43.2 Å². The lowest BCUT2D eigenvalue weighted by atomic mass is 9.68. The normalized spacial score (nSPS) is 28.8. The lowest BCUT2D eigenvalue weighted by Gasteiger charge is -2.46. The summed E-state index contributed by atoms with van der Waals surface area (Å²) in [6.07, 6.45) is 7.14. The van der Waals surface area contributed by atoms with E-state index < -0.39 is 37.0 Å². The molecule has 0 unspecified atom stereocenters. The minimum Gasteiger partial charge on any atom is -0.491 e. The number of benzene rings is 2. The van der Waals surface area contributed by atoms with Gasteiger partial charge in [-0.15, -0.1) is 6.58 Å². The maximum absolute atomic E-state index is 15.6. The molecule has 3 aliphatic heterocycles. The standard InChI is InChI=1S/C39H54ClFN4O7S2/c1-5-28-23-37(52-21-19-43-15-17-45(18-16-43)53(4,47)48)32-12-9-30(32)24-44-25-31-10-13-34(40)38(41)33(31)8-6-7-20-51-36-14-11-29(22-35(36)44)39(46)42-54(49,50)27(3)26(28)2/h5,10-11,13-14,22,26-28,30,32,37H,1,6-9,12,15-21,23-25H2,2-4H3,(H,42,46)/t26-,27-,28+,30+,32-,37+/m1/s1. The molecule has 1 saturated carbocycles. The van der Waals surface area contributed by atoms with Crippen molar-refractivity contribution in [2.24, 2.45) is 23.7 Å². The van der Waals surface area contributed by atoms with E-state index in [1.54, 1.807) is 31.2 Å². The number of carbonyl (C=O) groups is 1. The highest BCUT2D eigenvalue weighted by Crippen LogP contribution is 2.44. The average Bonchev–Trinajstić information content (AvgIpc) is 3.15. The molecule has 1 saturated heterocycles. The third-order valence-electron chi connectivity index (χ3n) is 12.2. The van der Waals surface area contributed by atoms with Crippen LogP contribution < -0.4 is 14.4 Å². The van der Waals surface area contributed by atoms with Crippen molar-refractivity contribution in [3.05, 3.63) is 70.5 Å². The Morgan fingerprint density at radius 2 is 1.87 bits per heavy atom. The van der Waals surface area contributed by atoms with Crippen LogP contribution in [0.3, 0.4) is 0 Å². The number of sulfonamides is 2. The van der Waals surface area contributed by atoms with E-state index in [-0.39, 0.29) is 40.4 Å². The first kappa shape index (κ1) is 40.9. The third-order valence-corrected chi connectivity index (χ3v) is 15.7. The fraction of sp³-hybridized carbons (Fsp3) is 0.615. The smallest absolute Gasteiger partial charge is 0.264 e. The van der Waals surface area contributed by atoms with Crippen molar-refractivity contribution in [2.45, 2.75) is 70.3 Å². The Morgan fingerprint density at radius 1 is 1.11 bits per heavy atom. The van der Waals surface area contributed by atoms with Crippen molar-refractivity contribution in [3.8, 4) is 5.75 Å². The van der Waals surface area contributed by atoms with Gasteiger partial charge in [-0.1, -0.05) is 30.7 Å². The summed E-state index contributed by atoms with van der Waals surface area (Å²) in [7, 11) is -7.34. The maximum atomic E-state index is 15.6. The summed E-state index contributed by atoms with van der Waals surface area (Å²) in [5, 5.41) is -0.828. The van der Waals surface area contributed by atoms with Crippen molar-refractivity contribution in [2.75, 3.05) is 63.6 Å². The zero-order valence-electron chi connectivity index (χ0n) is 31.5. The minimum absolute atomic E-state index is 0.0778. The van der Waals surface area contributed by atoms with E-state index in [1.165, 1.54) is 10.6 Å². The molecule has 6 rings (SSSR count). The van der Waals surface area contributed by atoms with Gasteiger partial charge in [0.25, 0.3) is 5.91 Å². The van der Waals surface area contributed by atoms with Crippen LogP contribution in [0.25, 0.3) is 0 Å². The molecule has 0 aromatic heterocycles. The largest absolute Gasteiger partial charge is 0.491 e. The van der Waals surface area contributed by atoms with Gasteiger partial charge in [0.2, 0.25) is 20.0 Å². The first-order valence-corrected chi connectivity index (χ1v) is 22.9. The molecule has 0 radical (unpaired) electrons. The van der Waals surface area contributed by atoms with Gasteiger partial charge < -0.3 is 14.4 Å². The molecule has 0 spiro atoms. The first-order valence-electron chi connectivity index (χ1n) is 19.1. The van der Waals surface area contributed by atoms with Crippen LogP contribution in [0.1, 0.15) is 67.4 Å². The van der Waals surface area contributed by atoms with Gasteiger partial charge in [-0.3, -0.25) is 9.69 Å². The second-order valence-corrected chi connectivity index (χ2v) is 19.9. The van der Waals surface area contributed by atoms with E-state index in [4.69, 9.17) is 21.1 Å². The van der Waals surface area contributed by atoms with Gasteiger partial charge in [0.05, 0.1) is 41.5 Å². The van der Waals surface area contributed by atoms with Gasteiger partial charge in [0.15, 0.2) is 0 Å². The summed E-state index contributed by atoms with van der Waals surface area (Å²) in [4.78, 5) is 18.0. The second-order valence-electron chi connectivity index (χ2n) is 15.5. The van der Waals surface area contributed by atoms with Gasteiger partial charge in [0.1, 0.15) is 11.6 Å². The molecular weight excluding hydrogens is 755 g/mol. The monoisotopic (exact) mass is 808 g/mol. The molecule has 54 heavy (non-hydrogen) atoms. The van der Waals surface area contributed by atoms with E-state index in [1.807, 2.05) is 19.1 Å². The number of amides is 1. The lowest BCUT2D eigenvalue weighted by molar-refractivity contribution is -0.0598. The zero-order chi connectivity index (χ0) is 38.8. The molecule has 298 valence electrons. The molecule has 6 atom stereocenters. The van der Waals surface area contributed by atoms with Crippen molar-refractivity contribution in [1.29, 1.82) is 0 Å². The highest BCUT2D eigenvalue weighted by molar-refractivity contribution is 7.90. The van der Waals surface area contributed by atoms with E-state index in [2.05, 4.69) is 21.1 Å². The summed E-state index contributed by atoms with van der Waals surface area (Å²) in [6.45, 7) is 12.1. The Kier molecular flexibility index (Phi) is 13.0. The number of fused-ring (bicyclic) bond motifs is 3. The number of piperazine rings is 1. The van der Waals surface area contributed by atoms with Crippen LogP contribution in [-0.4, -0.2) is 102 Å². The van der Waals surface area contributed by atoms with Crippen LogP contribution in [-0.2, 0) is 37.7 Å². The maximum Gasteiger partial charge on any atom is 0.264 e. The number of nitrogens with one attached hydrogen (secondary N) is 1. The highest BCUT2D eigenvalue weighted by Gasteiger charge is 2.42. The number of allylic oxidation sites excluding steroid dienone is 1. The quantitative estimate of drug-likeness (QED) is 0.378. The predicted octanol–water partition coefficient (Wildman–Crippen LogP) is 5.48. The summed E-state index contributed by atoms with van der Waals surface area (Å²) in [5.41, 5.74) is 2.19. The van der Waals surface area contributed by atoms with Crippen LogP contribution in [0.15, 0.2) is 43.0 Å². The van der Waals surface area contributed by atoms with Crippen molar-refractivity contribution in [1.82, 2.24) is 13.9 Å². The van der Waals surface area contributed by atoms with Crippen molar-refractivity contribution in [3.63, 3.8) is 0 Å². The number of hydrogen-bond acceptors (Lipinski definition) is 9. The third kappa shape index (κ3) is 9.26. The summed E-state index contributed by atoms with van der Waals surface area (Å²) < 4.78 is 84.1. The topological polar surface area (TPSA) is 126 Å². The molecule has 4 aliphatic rings. The highest BCUT2D eigenvalue weighted by atomic mass is 35.5. The lowest BCUT2D eigenvalue weighted by Crippen LogP contribution is -2.49. The van der Waals surface area contributed by atoms with Crippen LogP contribution in [0.5, 0.6) is 5.75 Å². The fourth-order valence-electron chi connectivity index (χ4n) is 8.40. The Bertz CT molecular complexity index is 1910. The summed E-state index contributed by atoms with van der Waals surface area (Å²) in [6, 6.07) is 8.46. The van der Waals surface area contributed by atoms with E-state index >= 15 is 4.39 Å². The molecule has 15 heteroatoms. The SMILES string of the molecule is C=C[C@H]1C[C@H](OCCN2CCN(S(C)(=O)=O)CC2)[C@@H]2CC[C@H]2CN2Cc3ccc(Cl)c(F)c3CCCCOc3ccc(cc32)C(=O)NS(=O)(=O)[C@H](C)[C@H]1C. The van der Waals surface area contributed by atoms with Crippen LogP contribution in [0.2, 0.25) is 5.02 Å². The molecular formula is C39H54ClFN4O7S2. The number of carbonyl (C=O) groups excluding carboxylic acids is 1. The molecule has 3 heterocycles. The number of anilines is 1. The second kappa shape index (κ2) is 17.2. The van der Waals surface area contributed by atoms with Gasteiger partial charge >= 0.3 is 0 Å². The molecule has 1 amide bonds. The van der Waals surface area contributed by atoms with Gasteiger partial charge in [-0.25, -0.2) is 25.9 Å². The number of rotatable bonds is 6. The summed E-state index contributed by atoms with van der Waals surface area (Å²) >= 11 is 6.28. The number of halogens is 2.